The predicted octanol–water partition coefficient (Wildman–Crippen LogP) is 5.63. The molecule has 29 heavy (non-hydrogen) atoms. The number of rotatable bonds is 7. The number of hydrogen-bond acceptors (Lipinski definition) is 4. The number of amides is 1. The smallest absolute Gasteiger partial charge is 0.260 e. The standard InChI is InChI=1S/C23H29N3OS.ClH/c1-6-25(7-2)13-14-26(22(27)19-10-8-9-16(3)15-19)23-24-21-18(5)17(4)11-12-20(21)28-23;/h8-12,15H,6-7,13-14H2,1-5H3;1H. The molecule has 0 fully saturated rings. The fourth-order valence-electron chi connectivity index (χ4n) is 3.33. The second kappa shape index (κ2) is 10.2. The molecular formula is C23H30ClN3OS. The summed E-state index contributed by atoms with van der Waals surface area (Å²) in [7, 11) is 0. The minimum atomic E-state index is 0. The summed E-state index contributed by atoms with van der Waals surface area (Å²) in [6.07, 6.45) is 0. The van der Waals surface area contributed by atoms with E-state index in [1.807, 2.05) is 36.1 Å². The Morgan fingerprint density at radius 3 is 2.41 bits per heavy atom. The van der Waals surface area contributed by atoms with Crippen molar-refractivity contribution in [2.45, 2.75) is 34.6 Å². The van der Waals surface area contributed by atoms with Gasteiger partial charge in [-0.2, -0.15) is 0 Å². The van der Waals surface area contributed by atoms with E-state index in [-0.39, 0.29) is 18.3 Å². The molecule has 156 valence electrons. The van der Waals surface area contributed by atoms with Gasteiger partial charge in [-0.15, -0.1) is 12.4 Å². The van der Waals surface area contributed by atoms with Gasteiger partial charge in [0.25, 0.3) is 5.91 Å². The molecule has 0 aliphatic carbocycles. The summed E-state index contributed by atoms with van der Waals surface area (Å²) >= 11 is 1.60. The first kappa shape index (κ1) is 23.3. The van der Waals surface area contributed by atoms with Crippen molar-refractivity contribution in [3.8, 4) is 0 Å². The van der Waals surface area contributed by atoms with Crippen LogP contribution >= 0.6 is 23.7 Å². The third-order valence-electron chi connectivity index (χ3n) is 5.35. The number of anilines is 1. The maximum absolute atomic E-state index is 13.4. The molecule has 3 rings (SSSR count). The van der Waals surface area contributed by atoms with Gasteiger partial charge in [-0.05, 0) is 63.2 Å². The molecular weight excluding hydrogens is 402 g/mol. The molecule has 0 saturated carbocycles. The molecule has 0 bridgehead atoms. The number of likely N-dealkylation sites (N-methyl/N-ethyl adjacent to an activating group) is 1. The summed E-state index contributed by atoms with van der Waals surface area (Å²) in [4.78, 5) is 22.5. The lowest BCUT2D eigenvalue weighted by atomic mass is 10.1. The fourth-order valence-corrected chi connectivity index (χ4v) is 4.38. The molecule has 0 spiro atoms. The van der Waals surface area contributed by atoms with Crippen LogP contribution in [0.5, 0.6) is 0 Å². The fraction of sp³-hybridized carbons (Fsp3) is 0.391. The van der Waals surface area contributed by atoms with E-state index < -0.39 is 0 Å². The summed E-state index contributed by atoms with van der Waals surface area (Å²) in [6, 6.07) is 12.0. The molecule has 0 radical (unpaired) electrons. The molecule has 0 aliphatic rings. The highest BCUT2D eigenvalue weighted by molar-refractivity contribution is 7.22. The first-order valence-corrected chi connectivity index (χ1v) is 10.7. The number of benzene rings is 2. The van der Waals surface area contributed by atoms with E-state index in [0.717, 1.165) is 40.5 Å². The number of halogens is 1. The molecule has 0 aliphatic heterocycles. The van der Waals surface area contributed by atoms with Gasteiger partial charge >= 0.3 is 0 Å². The Balaban J connectivity index is 0.00000300. The van der Waals surface area contributed by atoms with E-state index in [9.17, 15) is 4.79 Å². The third kappa shape index (κ3) is 5.16. The number of carbonyl (C=O) groups excluding carboxylic acids is 1. The monoisotopic (exact) mass is 431 g/mol. The number of aryl methyl sites for hydroxylation is 3. The van der Waals surface area contributed by atoms with Crippen molar-refractivity contribution in [3.63, 3.8) is 0 Å². The molecule has 4 nitrogen and oxygen atoms in total. The first-order valence-electron chi connectivity index (χ1n) is 9.92. The van der Waals surface area contributed by atoms with Gasteiger partial charge in [0.15, 0.2) is 5.13 Å². The van der Waals surface area contributed by atoms with Crippen molar-refractivity contribution in [1.82, 2.24) is 9.88 Å². The highest BCUT2D eigenvalue weighted by Crippen LogP contribution is 2.32. The van der Waals surface area contributed by atoms with Crippen LogP contribution in [-0.2, 0) is 0 Å². The number of carbonyl (C=O) groups is 1. The Kier molecular flexibility index (Phi) is 8.20. The Hall–Kier alpha value is -1.95. The molecule has 0 saturated heterocycles. The normalized spacial score (nSPS) is 11.0. The van der Waals surface area contributed by atoms with Crippen LogP contribution in [0.15, 0.2) is 36.4 Å². The van der Waals surface area contributed by atoms with Crippen molar-refractivity contribution >= 4 is 45.0 Å². The van der Waals surface area contributed by atoms with E-state index >= 15 is 0 Å². The molecule has 0 atom stereocenters. The second-order valence-electron chi connectivity index (χ2n) is 7.20. The van der Waals surface area contributed by atoms with Crippen LogP contribution in [0.4, 0.5) is 5.13 Å². The summed E-state index contributed by atoms with van der Waals surface area (Å²) in [5.74, 6) is 0.0179. The number of aromatic nitrogens is 1. The van der Waals surface area contributed by atoms with E-state index in [2.05, 4.69) is 44.7 Å². The molecule has 0 unspecified atom stereocenters. The average Bonchev–Trinajstić information content (AvgIpc) is 3.12. The van der Waals surface area contributed by atoms with E-state index in [4.69, 9.17) is 4.98 Å². The first-order chi connectivity index (χ1) is 13.4. The van der Waals surface area contributed by atoms with Gasteiger partial charge < -0.3 is 4.90 Å². The summed E-state index contributed by atoms with van der Waals surface area (Å²) in [5, 5.41) is 0.780. The van der Waals surface area contributed by atoms with Crippen LogP contribution in [0.3, 0.4) is 0 Å². The van der Waals surface area contributed by atoms with Gasteiger partial charge in [0.05, 0.1) is 10.2 Å². The molecule has 1 aromatic heterocycles. The van der Waals surface area contributed by atoms with Crippen molar-refractivity contribution in [2.24, 2.45) is 0 Å². The van der Waals surface area contributed by atoms with E-state index in [0.29, 0.717) is 12.1 Å². The summed E-state index contributed by atoms with van der Waals surface area (Å²) in [5.41, 5.74) is 5.22. The van der Waals surface area contributed by atoms with Crippen molar-refractivity contribution in [1.29, 1.82) is 0 Å². The zero-order valence-electron chi connectivity index (χ0n) is 17.9. The minimum absolute atomic E-state index is 0. The van der Waals surface area contributed by atoms with Crippen LogP contribution in [0, 0.1) is 20.8 Å². The van der Waals surface area contributed by atoms with E-state index in [1.165, 1.54) is 11.1 Å². The lowest BCUT2D eigenvalue weighted by molar-refractivity contribution is 0.0983. The zero-order chi connectivity index (χ0) is 20.3. The Labute approximate surface area is 184 Å². The number of thiazole rings is 1. The van der Waals surface area contributed by atoms with Gasteiger partial charge in [0.1, 0.15) is 0 Å². The van der Waals surface area contributed by atoms with Crippen LogP contribution < -0.4 is 4.90 Å². The van der Waals surface area contributed by atoms with Crippen LogP contribution in [-0.4, -0.2) is 42.0 Å². The van der Waals surface area contributed by atoms with Crippen LogP contribution in [0.2, 0.25) is 0 Å². The average molecular weight is 432 g/mol. The van der Waals surface area contributed by atoms with E-state index in [1.54, 1.807) is 11.3 Å². The molecule has 1 amide bonds. The second-order valence-corrected chi connectivity index (χ2v) is 8.21. The van der Waals surface area contributed by atoms with Gasteiger partial charge in [-0.25, -0.2) is 4.98 Å². The Morgan fingerprint density at radius 1 is 1.03 bits per heavy atom. The zero-order valence-corrected chi connectivity index (χ0v) is 19.5. The Bertz CT molecular complexity index is 981. The number of fused-ring (bicyclic) bond motifs is 1. The van der Waals surface area contributed by atoms with Gasteiger partial charge in [-0.1, -0.05) is 48.9 Å². The largest absolute Gasteiger partial charge is 0.302 e. The maximum atomic E-state index is 13.4. The van der Waals surface area contributed by atoms with Gasteiger partial charge in [0.2, 0.25) is 0 Å². The summed E-state index contributed by atoms with van der Waals surface area (Å²) in [6.45, 7) is 13.9. The highest BCUT2D eigenvalue weighted by atomic mass is 35.5. The highest BCUT2D eigenvalue weighted by Gasteiger charge is 2.22. The van der Waals surface area contributed by atoms with Gasteiger partial charge in [-0.3, -0.25) is 9.69 Å². The number of nitrogens with zero attached hydrogens (tertiary/aromatic N) is 3. The lowest BCUT2D eigenvalue weighted by Gasteiger charge is -2.24. The molecule has 6 heteroatoms. The van der Waals surface area contributed by atoms with Crippen molar-refractivity contribution in [2.75, 3.05) is 31.1 Å². The predicted molar refractivity (Wildman–Crippen MR) is 127 cm³/mol. The SMILES string of the molecule is CCN(CC)CCN(C(=O)c1cccc(C)c1)c1nc2c(C)c(C)ccc2s1.Cl. The van der Waals surface area contributed by atoms with Crippen molar-refractivity contribution < 1.29 is 4.79 Å². The van der Waals surface area contributed by atoms with Crippen molar-refractivity contribution in [3.05, 3.63) is 58.7 Å². The lowest BCUT2D eigenvalue weighted by Crippen LogP contribution is -2.38. The quantitative estimate of drug-likeness (QED) is 0.486. The topological polar surface area (TPSA) is 36.4 Å². The third-order valence-corrected chi connectivity index (χ3v) is 6.39. The molecule has 0 N–H and O–H groups in total. The molecule has 2 aromatic carbocycles. The van der Waals surface area contributed by atoms with Crippen LogP contribution in [0.25, 0.3) is 10.2 Å². The van der Waals surface area contributed by atoms with Gasteiger partial charge in [0, 0.05) is 18.7 Å². The summed E-state index contributed by atoms with van der Waals surface area (Å²) < 4.78 is 1.13. The number of hydrogen-bond donors (Lipinski definition) is 0. The maximum Gasteiger partial charge on any atom is 0.260 e. The molecule has 1 heterocycles. The molecule has 3 aromatic rings. The minimum Gasteiger partial charge on any atom is -0.302 e. The van der Waals surface area contributed by atoms with Crippen LogP contribution in [0.1, 0.15) is 40.9 Å². The Morgan fingerprint density at radius 2 is 1.76 bits per heavy atom.